The summed E-state index contributed by atoms with van der Waals surface area (Å²) in [7, 11) is -2.69. The summed E-state index contributed by atoms with van der Waals surface area (Å²) in [6, 6.07) is 0. The second-order valence-electron chi connectivity index (χ2n) is 1.19. The smallest absolute Gasteiger partial charge is 0.316 e. The van der Waals surface area contributed by atoms with E-state index in [1.54, 1.807) is 0 Å². The summed E-state index contributed by atoms with van der Waals surface area (Å²) < 4.78 is 14.1. The molecular weight excluding hydrogens is 147 g/mol. The minimum atomic E-state index is -2.69. The molecule has 0 fully saturated rings. The largest absolute Gasteiger partial charge is 0.326 e. The average Bonchev–Trinajstić information content (AvgIpc) is 1.66. The van der Waals surface area contributed by atoms with Crippen molar-refractivity contribution < 1.29 is 14.0 Å². The first-order chi connectivity index (χ1) is 3.77. The lowest BCUT2D eigenvalue weighted by atomic mass is 10.5. The third-order valence-electron chi connectivity index (χ3n) is 0.528. The first kappa shape index (κ1) is 8.50. The fraction of sp³-hybridized carbons (Fsp3) is 1.00. The molecule has 0 rings (SSSR count). The molecular formula is C3H9O3PS. The Morgan fingerprint density at radius 3 is 2.75 bits per heavy atom. The highest BCUT2D eigenvalue weighted by molar-refractivity contribution is 7.80. The molecule has 5 heteroatoms. The molecule has 0 aliphatic carbocycles. The average molecular weight is 156 g/mol. The number of hydrogen-bond donors (Lipinski definition) is 2. The molecule has 1 N–H and O–H groups in total. The van der Waals surface area contributed by atoms with E-state index in [0.717, 1.165) is 6.42 Å². The normalized spacial score (nSPS) is 13.8. The molecule has 0 saturated carbocycles. The van der Waals surface area contributed by atoms with Crippen LogP contribution in [0.5, 0.6) is 0 Å². The Balaban J connectivity index is 2.82. The van der Waals surface area contributed by atoms with E-state index in [0.29, 0.717) is 12.4 Å². The lowest BCUT2D eigenvalue weighted by Crippen LogP contribution is -1.85. The Kier molecular flexibility index (Phi) is 5.99. The van der Waals surface area contributed by atoms with E-state index < -0.39 is 8.25 Å². The predicted octanol–water partition coefficient (Wildman–Crippen LogP) is 0.705. The van der Waals surface area contributed by atoms with Crippen molar-refractivity contribution in [1.82, 2.24) is 0 Å². The van der Waals surface area contributed by atoms with Gasteiger partial charge in [-0.25, -0.2) is 0 Å². The molecule has 0 saturated heterocycles. The van der Waals surface area contributed by atoms with Crippen LogP contribution in [0.4, 0.5) is 0 Å². The molecule has 8 heavy (non-hydrogen) atoms. The van der Waals surface area contributed by atoms with E-state index in [4.69, 9.17) is 4.89 Å². The SMILES string of the molecule is O=[PH](O)OCCCS. The molecule has 50 valence electrons. The van der Waals surface area contributed by atoms with Gasteiger partial charge in [-0.1, -0.05) is 0 Å². The molecule has 0 radical (unpaired) electrons. The molecule has 0 amide bonds. The molecule has 0 bridgehead atoms. The van der Waals surface area contributed by atoms with Gasteiger partial charge in [-0.2, -0.15) is 12.6 Å². The molecule has 1 atom stereocenters. The van der Waals surface area contributed by atoms with Gasteiger partial charge in [-0.05, 0) is 12.2 Å². The van der Waals surface area contributed by atoms with Crippen LogP contribution in [0.25, 0.3) is 0 Å². The maximum atomic E-state index is 9.81. The minimum absolute atomic E-state index is 0.331. The third-order valence-corrected chi connectivity index (χ3v) is 1.30. The maximum Gasteiger partial charge on any atom is 0.316 e. The second kappa shape index (κ2) is 5.63. The van der Waals surface area contributed by atoms with Crippen LogP contribution in [-0.4, -0.2) is 17.3 Å². The van der Waals surface area contributed by atoms with Gasteiger partial charge in [-0.15, -0.1) is 0 Å². The zero-order valence-corrected chi connectivity index (χ0v) is 6.23. The van der Waals surface area contributed by atoms with Gasteiger partial charge in [0, 0.05) is 0 Å². The summed E-state index contributed by atoms with van der Waals surface area (Å²) in [6.45, 7) is 0.331. The highest BCUT2D eigenvalue weighted by atomic mass is 32.1. The van der Waals surface area contributed by atoms with Gasteiger partial charge >= 0.3 is 8.25 Å². The van der Waals surface area contributed by atoms with Crippen LogP contribution >= 0.6 is 20.9 Å². The zero-order valence-electron chi connectivity index (χ0n) is 4.33. The van der Waals surface area contributed by atoms with Crippen LogP contribution in [0, 0.1) is 0 Å². The summed E-state index contributed by atoms with van der Waals surface area (Å²) in [4.78, 5) is 8.08. The van der Waals surface area contributed by atoms with Gasteiger partial charge in [0.05, 0.1) is 6.61 Å². The van der Waals surface area contributed by atoms with E-state index >= 15 is 0 Å². The molecule has 0 aliphatic heterocycles. The van der Waals surface area contributed by atoms with Crippen molar-refractivity contribution >= 4 is 20.9 Å². The Hall–Kier alpha value is 0.500. The quantitative estimate of drug-likeness (QED) is 0.358. The summed E-state index contributed by atoms with van der Waals surface area (Å²) in [5.74, 6) is 0.690. The Bertz CT molecular complexity index is 76.9. The lowest BCUT2D eigenvalue weighted by Gasteiger charge is -1.93. The minimum Gasteiger partial charge on any atom is -0.326 e. The summed E-state index contributed by atoms with van der Waals surface area (Å²) in [5, 5.41) is 0. The first-order valence-electron chi connectivity index (χ1n) is 2.24. The molecule has 0 aromatic rings. The van der Waals surface area contributed by atoms with E-state index in [2.05, 4.69) is 17.2 Å². The predicted molar refractivity (Wildman–Crippen MR) is 35.6 cm³/mol. The van der Waals surface area contributed by atoms with E-state index in [1.165, 1.54) is 0 Å². The van der Waals surface area contributed by atoms with E-state index in [1.807, 2.05) is 0 Å². The summed E-state index contributed by atoms with van der Waals surface area (Å²) in [5.41, 5.74) is 0. The molecule has 1 unspecified atom stereocenters. The van der Waals surface area contributed by atoms with Crippen molar-refractivity contribution in [2.45, 2.75) is 6.42 Å². The van der Waals surface area contributed by atoms with E-state index in [9.17, 15) is 4.57 Å². The van der Waals surface area contributed by atoms with Crippen molar-refractivity contribution in [1.29, 1.82) is 0 Å². The monoisotopic (exact) mass is 156 g/mol. The van der Waals surface area contributed by atoms with Crippen LogP contribution in [0.3, 0.4) is 0 Å². The Labute approximate surface area is 54.4 Å². The number of hydrogen-bond acceptors (Lipinski definition) is 3. The van der Waals surface area contributed by atoms with Gasteiger partial charge in [0.2, 0.25) is 0 Å². The summed E-state index contributed by atoms with van der Waals surface area (Å²) in [6.07, 6.45) is 0.722. The van der Waals surface area contributed by atoms with E-state index in [-0.39, 0.29) is 0 Å². The van der Waals surface area contributed by atoms with Gasteiger partial charge in [-0.3, -0.25) is 4.57 Å². The standard InChI is InChI=1S/C3H9O3PS/c4-7(5)6-2-1-3-8/h7-8H,1-3H2,(H,4,5). The van der Waals surface area contributed by atoms with Crippen LogP contribution in [0.15, 0.2) is 0 Å². The fourth-order valence-electron chi connectivity index (χ4n) is 0.224. The van der Waals surface area contributed by atoms with Crippen LogP contribution in [0.1, 0.15) is 6.42 Å². The van der Waals surface area contributed by atoms with Crippen LogP contribution in [0.2, 0.25) is 0 Å². The maximum absolute atomic E-state index is 9.81. The number of rotatable bonds is 4. The second-order valence-corrected chi connectivity index (χ2v) is 2.46. The van der Waals surface area contributed by atoms with Gasteiger partial charge in [0.1, 0.15) is 0 Å². The molecule has 3 nitrogen and oxygen atoms in total. The molecule has 0 heterocycles. The topological polar surface area (TPSA) is 46.5 Å². The molecule has 0 aromatic carbocycles. The zero-order chi connectivity index (χ0) is 6.41. The highest BCUT2D eigenvalue weighted by Crippen LogP contribution is 2.13. The van der Waals surface area contributed by atoms with Gasteiger partial charge in [0.15, 0.2) is 0 Å². The lowest BCUT2D eigenvalue weighted by molar-refractivity contribution is 0.283. The van der Waals surface area contributed by atoms with Crippen molar-refractivity contribution in [2.24, 2.45) is 0 Å². The van der Waals surface area contributed by atoms with Gasteiger partial charge < -0.3 is 9.42 Å². The van der Waals surface area contributed by atoms with Gasteiger partial charge in [0.25, 0.3) is 0 Å². The van der Waals surface area contributed by atoms with Crippen molar-refractivity contribution in [2.75, 3.05) is 12.4 Å². The fourth-order valence-corrected chi connectivity index (χ4v) is 0.672. The molecule has 0 aliphatic rings. The molecule has 0 aromatic heterocycles. The third kappa shape index (κ3) is 6.50. The summed E-state index contributed by atoms with van der Waals surface area (Å²) >= 11 is 3.87. The highest BCUT2D eigenvalue weighted by Gasteiger charge is 1.88. The number of thiol groups is 1. The van der Waals surface area contributed by atoms with Crippen LogP contribution in [-0.2, 0) is 9.09 Å². The van der Waals surface area contributed by atoms with Crippen molar-refractivity contribution in [3.05, 3.63) is 0 Å². The van der Waals surface area contributed by atoms with Crippen molar-refractivity contribution in [3.8, 4) is 0 Å². The Morgan fingerprint density at radius 2 is 2.38 bits per heavy atom. The molecule has 0 spiro atoms. The van der Waals surface area contributed by atoms with Crippen molar-refractivity contribution in [3.63, 3.8) is 0 Å². The van der Waals surface area contributed by atoms with Crippen LogP contribution < -0.4 is 0 Å². The Morgan fingerprint density at radius 1 is 1.75 bits per heavy atom. The first-order valence-corrected chi connectivity index (χ1v) is 4.13.